The first kappa shape index (κ1) is 14.7. The third-order valence-electron chi connectivity index (χ3n) is 5.32. The number of hydrogen-bond donors (Lipinski definition) is 1. The highest BCUT2D eigenvalue weighted by molar-refractivity contribution is 6.07. The van der Waals surface area contributed by atoms with Gasteiger partial charge in [0.2, 0.25) is 11.9 Å². The van der Waals surface area contributed by atoms with Crippen LogP contribution in [0.5, 0.6) is 0 Å². The average molecular weight is 333 g/mol. The van der Waals surface area contributed by atoms with Gasteiger partial charge in [-0.1, -0.05) is 48.5 Å². The summed E-state index contributed by atoms with van der Waals surface area (Å²) in [4.78, 5) is 13.1. The maximum atomic E-state index is 13.1. The smallest absolute Gasteiger partial charge is 0.266 e. The maximum Gasteiger partial charge on any atom is 0.266 e. The van der Waals surface area contributed by atoms with Gasteiger partial charge in [0.05, 0.1) is 0 Å². The lowest BCUT2D eigenvalue weighted by atomic mass is 9.79. The molecule has 1 spiro atoms. The van der Waals surface area contributed by atoms with Crippen LogP contribution in [-0.4, -0.2) is 5.91 Å². The molecule has 1 amide bonds. The Hall–Kier alpha value is -2.59. The molecule has 0 radical (unpaired) electrons. The van der Waals surface area contributed by atoms with E-state index in [0.717, 1.165) is 53.8 Å². The van der Waals surface area contributed by atoms with Crippen molar-refractivity contribution in [3.05, 3.63) is 77.1 Å². The van der Waals surface area contributed by atoms with Gasteiger partial charge >= 0.3 is 0 Å². The van der Waals surface area contributed by atoms with Gasteiger partial charge in [-0.05, 0) is 25.3 Å². The number of anilines is 1. The van der Waals surface area contributed by atoms with Crippen LogP contribution >= 0.6 is 0 Å². The minimum Gasteiger partial charge on any atom is -0.465 e. The van der Waals surface area contributed by atoms with Gasteiger partial charge in [-0.25, -0.2) is 0 Å². The van der Waals surface area contributed by atoms with Gasteiger partial charge in [0.15, 0.2) is 0 Å². The third kappa shape index (κ3) is 2.07. The number of benzene rings is 2. The molecule has 25 heavy (non-hydrogen) atoms. The Morgan fingerprint density at radius 1 is 0.960 bits per heavy atom. The maximum absolute atomic E-state index is 13.1. The van der Waals surface area contributed by atoms with E-state index in [2.05, 4.69) is 5.32 Å². The molecule has 4 nitrogen and oxygen atoms in total. The van der Waals surface area contributed by atoms with E-state index in [4.69, 9.17) is 9.47 Å². The minimum absolute atomic E-state index is 0.104. The van der Waals surface area contributed by atoms with Gasteiger partial charge in [-0.2, -0.15) is 0 Å². The fourth-order valence-electron chi connectivity index (χ4n) is 4.16. The van der Waals surface area contributed by atoms with Crippen LogP contribution in [0, 0.1) is 0 Å². The molecule has 1 aliphatic carbocycles. The summed E-state index contributed by atoms with van der Waals surface area (Å²) >= 11 is 0. The van der Waals surface area contributed by atoms with Gasteiger partial charge in [-0.15, -0.1) is 0 Å². The summed E-state index contributed by atoms with van der Waals surface area (Å²) in [5, 5.41) is 3.01. The van der Waals surface area contributed by atoms with Crippen LogP contribution in [0.25, 0.3) is 0 Å². The molecule has 2 aromatic carbocycles. The summed E-state index contributed by atoms with van der Waals surface area (Å²) < 4.78 is 12.6. The highest BCUT2D eigenvalue weighted by Gasteiger charge is 2.56. The van der Waals surface area contributed by atoms with Crippen molar-refractivity contribution in [3.63, 3.8) is 0 Å². The molecule has 5 rings (SSSR count). The summed E-state index contributed by atoms with van der Waals surface area (Å²) in [6.45, 7) is 0. The number of para-hydroxylation sites is 1. The van der Waals surface area contributed by atoms with E-state index in [1.54, 1.807) is 0 Å². The molecule has 2 heterocycles. The molecule has 0 bridgehead atoms. The SMILES string of the molecule is O=C1Nc2ccccc2C12OC(c1ccccc1)OC1=C2CCCC1. The number of allylic oxidation sites excluding steroid dienone is 1. The molecule has 0 saturated carbocycles. The van der Waals surface area contributed by atoms with Crippen molar-refractivity contribution < 1.29 is 14.3 Å². The van der Waals surface area contributed by atoms with Crippen molar-refractivity contribution in [2.75, 3.05) is 5.32 Å². The van der Waals surface area contributed by atoms with E-state index >= 15 is 0 Å². The molecule has 4 heteroatoms. The van der Waals surface area contributed by atoms with Crippen molar-refractivity contribution in [3.8, 4) is 0 Å². The highest BCUT2D eigenvalue weighted by atomic mass is 16.7. The Bertz CT molecular complexity index is 874. The van der Waals surface area contributed by atoms with Crippen LogP contribution < -0.4 is 5.32 Å². The van der Waals surface area contributed by atoms with Gasteiger partial charge in [0.1, 0.15) is 5.76 Å². The fraction of sp³-hybridized carbons (Fsp3) is 0.286. The molecular weight excluding hydrogens is 314 g/mol. The lowest BCUT2D eigenvalue weighted by molar-refractivity contribution is -0.212. The second kappa shape index (κ2) is 5.46. The van der Waals surface area contributed by atoms with Crippen LogP contribution in [-0.2, 0) is 19.9 Å². The Kier molecular flexibility index (Phi) is 3.22. The molecular formula is C21H19NO3. The van der Waals surface area contributed by atoms with Crippen molar-refractivity contribution >= 4 is 11.6 Å². The molecule has 0 saturated heterocycles. The standard InChI is InChI=1S/C21H19NO3/c23-20-21(15-10-4-6-12-17(15)22-20)16-11-5-7-13-18(16)24-19(25-21)14-8-2-1-3-9-14/h1-4,6,8-10,12,19H,5,7,11,13H2,(H,22,23). The number of rotatable bonds is 1. The Labute approximate surface area is 146 Å². The third-order valence-corrected chi connectivity index (χ3v) is 5.32. The second-order valence-corrected chi connectivity index (χ2v) is 6.77. The monoisotopic (exact) mass is 333 g/mol. The van der Waals surface area contributed by atoms with E-state index in [1.165, 1.54) is 0 Å². The van der Waals surface area contributed by atoms with Gasteiger partial charge in [-0.3, -0.25) is 4.79 Å². The zero-order valence-electron chi connectivity index (χ0n) is 13.8. The molecule has 126 valence electrons. The minimum atomic E-state index is -1.06. The topological polar surface area (TPSA) is 47.6 Å². The zero-order chi connectivity index (χ0) is 16.9. The molecule has 2 atom stereocenters. The van der Waals surface area contributed by atoms with Crippen LogP contribution in [0.3, 0.4) is 0 Å². The summed E-state index contributed by atoms with van der Waals surface area (Å²) in [5.41, 5.74) is 2.59. The Morgan fingerprint density at radius 3 is 2.60 bits per heavy atom. The Balaban J connectivity index is 1.70. The number of hydrogen-bond acceptors (Lipinski definition) is 3. The Morgan fingerprint density at radius 2 is 1.72 bits per heavy atom. The van der Waals surface area contributed by atoms with Crippen molar-refractivity contribution in [2.24, 2.45) is 0 Å². The quantitative estimate of drug-likeness (QED) is 0.841. The van der Waals surface area contributed by atoms with E-state index in [0.29, 0.717) is 0 Å². The lowest BCUT2D eigenvalue weighted by Crippen LogP contribution is -2.45. The number of amides is 1. The van der Waals surface area contributed by atoms with E-state index in [1.807, 2.05) is 54.6 Å². The van der Waals surface area contributed by atoms with Crippen molar-refractivity contribution in [1.82, 2.24) is 0 Å². The molecule has 0 fully saturated rings. The van der Waals surface area contributed by atoms with Crippen molar-refractivity contribution in [1.29, 1.82) is 0 Å². The molecule has 2 aliphatic heterocycles. The van der Waals surface area contributed by atoms with Crippen molar-refractivity contribution in [2.45, 2.75) is 37.6 Å². The van der Waals surface area contributed by atoms with Gasteiger partial charge in [0.25, 0.3) is 5.91 Å². The second-order valence-electron chi connectivity index (χ2n) is 6.77. The molecule has 2 unspecified atom stereocenters. The zero-order valence-corrected chi connectivity index (χ0v) is 13.8. The predicted octanol–water partition coefficient (Wildman–Crippen LogP) is 4.41. The van der Waals surface area contributed by atoms with Crippen LogP contribution in [0.4, 0.5) is 5.69 Å². The lowest BCUT2D eigenvalue weighted by Gasteiger charge is -2.42. The number of ether oxygens (including phenoxy) is 2. The molecule has 3 aliphatic rings. The van der Waals surface area contributed by atoms with Crippen LogP contribution in [0.2, 0.25) is 0 Å². The first-order chi connectivity index (χ1) is 12.3. The molecule has 1 N–H and O–H groups in total. The van der Waals surface area contributed by atoms with Crippen LogP contribution in [0.15, 0.2) is 65.9 Å². The molecule has 0 aromatic heterocycles. The normalized spacial score (nSPS) is 27.5. The first-order valence-corrected chi connectivity index (χ1v) is 8.82. The van der Waals surface area contributed by atoms with Gasteiger partial charge in [0, 0.05) is 28.8 Å². The number of nitrogens with one attached hydrogen (secondary N) is 1. The summed E-state index contributed by atoms with van der Waals surface area (Å²) in [6.07, 6.45) is 3.26. The van der Waals surface area contributed by atoms with E-state index < -0.39 is 11.9 Å². The highest BCUT2D eigenvalue weighted by Crippen LogP contribution is 2.54. The fourth-order valence-corrected chi connectivity index (χ4v) is 4.16. The number of fused-ring (bicyclic) bond motifs is 3. The van der Waals surface area contributed by atoms with Crippen LogP contribution in [0.1, 0.15) is 43.1 Å². The summed E-state index contributed by atoms with van der Waals surface area (Å²) in [5.74, 6) is 0.825. The van der Waals surface area contributed by atoms with E-state index in [9.17, 15) is 4.79 Å². The molecule has 2 aromatic rings. The number of carbonyl (C=O) groups excluding carboxylic acids is 1. The number of carbonyl (C=O) groups is 1. The first-order valence-electron chi connectivity index (χ1n) is 8.82. The summed E-state index contributed by atoms with van der Waals surface area (Å²) in [7, 11) is 0. The average Bonchev–Trinajstić information content (AvgIpc) is 2.95. The largest absolute Gasteiger partial charge is 0.465 e. The van der Waals surface area contributed by atoms with Gasteiger partial charge < -0.3 is 14.8 Å². The van der Waals surface area contributed by atoms with E-state index in [-0.39, 0.29) is 5.91 Å². The predicted molar refractivity (Wildman–Crippen MR) is 93.6 cm³/mol. The summed E-state index contributed by atoms with van der Waals surface area (Å²) in [6, 6.07) is 17.6.